The Balaban J connectivity index is 2.51. The van der Waals surface area contributed by atoms with Gasteiger partial charge in [-0.2, -0.15) is 0 Å². The first-order valence-corrected chi connectivity index (χ1v) is 4.71. The van der Waals surface area contributed by atoms with Crippen LogP contribution in [0.4, 0.5) is 0 Å². The van der Waals surface area contributed by atoms with Crippen LogP contribution in [-0.2, 0) is 11.2 Å². The van der Waals surface area contributed by atoms with Gasteiger partial charge in [0, 0.05) is 18.3 Å². The molecule has 0 fully saturated rings. The molecule has 1 unspecified atom stereocenters. The predicted octanol–water partition coefficient (Wildman–Crippen LogP) is 2.04. The van der Waals surface area contributed by atoms with E-state index in [1.807, 2.05) is 32.2 Å². The van der Waals surface area contributed by atoms with E-state index in [0.717, 1.165) is 17.7 Å². The molecule has 76 valence electrons. The van der Waals surface area contributed by atoms with Gasteiger partial charge >= 0.3 is 5.97 Å². The van der Waals surface area contributed by atoms with Crippen LogP contribution in [0.15, 0.2) is 18.3 Å². The summed E-state index contributed by atoms with van der Waals surface area (Å²) in [6.07, 6.45) is 2.81. The van der Waals surface area contributed by atoms with Crippen molar-refractivity contribution < 1.29 is 9.90 Å². The van der Waals surface area contributed by atoms with Gasteiger partial charge in [0.25, 0.3) is 0 Å². The normalized spacial score (nSPS) is 12.4. The first kappa shape index (κ1) is 10.7. The number of hydrogen-bond donors (Lipinski definition) is 1. The van der Waals surface area contributed by atoms with Crippen LogP contribution in [0.1, 0.15) is 24.6 Å². The quantitative estimate of drug-likeness (QED) is 0.796. The zero-order valence-electron chi connectivity index (χ0n) is 8.53. The molecular weight excluding hydrogens is 178 g/mol. The molecule has 1 aromatic heterocycles. The molecule has 0 aliphatic carbocycles. The number of pyridine rings is 1. The lowest BCUT2D eigenvalue weighted by molar-refractivity contribution is -0.137. The van der Waals surface area contributed by atoms with Crippen molar-refractivity contribution in [2.75, 3.05) is 0 Å². The Morgan fingerprint density at radius 3 is 2.79 bits per heavy atom. The van der Waals surface area contributed by atoms with Crippen LogP contribution in [0.2, 0.25) is 0 Å². The molecule has 0 radical (unpaired) electrons. The maximum absolute atomic E-state index is 10.4. The van der Waals surface area contributed by atoms with Gasteiger partial charge in [0.2, 0.25) is 0 Å². The number of aryl methyl sites for hydroxylation is 1. The molecule has 0 saturated carbocycles. The number of carboxylic acids is 1. The second-order valence-corrected chi connectivity index (χ2v) is 3.71. The van der Waals surface area contributed by atoms with Crippen molar-refractivity contribution in [2.24, 2.45) is 5.92 Å². The third-order valence-corrected chi connectivity index (χ3v) is 2.08. The first-order chi connectivity index (χ1) is 6.58. The van der Waals surface area contributed by atoms with Gasteiger partial charge in [-0.25, -0.2) is 0 Å². The molecule has 0 bridgehead atoms. The zero-order valence-corrected chi connectivity index (χ0v) is 8.53. The number of carboxylic acid groups (broad SMARTS) is 1. The minimum Gasteiger partial charge on any atom is -0.481 e. The standard InChI is InChI=1S/C11H15NO2/c1-8(6-11(13)14)5-10-4-3-9(2)12-7-10/h3-4,7-8H,5-6H2,1-2H3,(H,13,14). The molecule has 0 amide bonds. The fourth-order valence-corrected chi connectivity index (χ4v) is 1.39. The van der Waals surface area contributed by atoms with Crippen molar-refractivity contribution in [3.8, 4) is 0 Å². The fourth-order valence-electron chi connectivity index (χ4n) is 1.39. The van der Waals surface area contributed by atoms with E-state index in [2.05, 4.69) is 4.98 Å². The second kappa shape index (κ2) is 4.74. The van der Waals surface area contributed by atoms with Gasteiger partial charge in [-0.1, -0.05) is 13.0 Å². The lowest BCUT2D eigenvalue weighted by atomic mass is 9.99. The van der Waals surface area contributed by atoms with E-state index in [1.54, 1.807) is 0 Å². The summed E-state index contributed by atoms with van der Waals surface area (Å²) in [7, 11) is 0. The second-order valence-electron chi connectivity index (χ2n) is 3.71. The lowest BCUT2D eigenvalue weighted by Gasteiger charge is -2.07. The number of aliphatic carboxylic acids is 1. The minimum atomic E-state index is -0.738. The van der Waals surface area contributed by atoms with Gasteiger partial charge in [0.1, 0.15) is 0 Å². The first-order valence-electron chi connectivity index (χ1n) is 4.71. The Hall–Kier alpha value is -1.38. The highest BCUT2D eigenvalue weighted by Gasteiger charge is 2.08. The summed E-state index contributed by atoms with van der Waals surface area (Å²) in [4.78, 5) is 14.6. The molecule has 0 saturated heterocycles. The molecular formula is C11H15NO2. The van der Waals surface area contributed by atoms with E-state index in [4.69, 9.17) is 5.11 Å². The molecule has 0 aliphatic rings. The highest BCUT2D eigenvalue weighted by atomic mass is 16.4. The van der Waals surface area contributed by atoms with Crippen molar-refractivity contribution in [2.45, 2.75) is 26.7 Å². The third kappa shape index (κ3) is 3.56. The van der Waals surface area contributed by atoms with Crippen molar-refractivity contribution in [3.05, 3.63) is 29.6 Å². The van der Waals surface area contributed by atoms with E-state index in [0.29, 0.717) is 0 Å². The molecule has 3 heteroatoms. The van der Waals surface area contributed by atoms with Gasteiger partial charge in [-0.05, 0) is 30.9 Å². The van der Waals surface area contributed by atoms with Crippen LogP contribution >= 0.6 is 0 Å². The summed E-state index contributed by atoms with van der Waals surface area (Å²) >= 11 is 0. The van der Waals surface area contributed by atoms with Gasteiger partial charge in [0.05, 0.1) is 0 Å². The van der Waals surface area contributed by atoms with Crippen molar-refractivity contribution in [3.63, 3.8) is 0 Å². The Morgan fingerprint density at radius 1 is 1.57 bits per heavy atom. The van der Waals surface area contributed by atoms with E-state index < -0.39 is 5.97 Å². The van der Waals surface area contributed by atoms with Gasteiger partial charge in [-0.3, -0.25) is 9.78 Å². The Morgan fingerprint density at radius 2 is 2.29 bits per heavy atom. The third-order valence-electron chi connectivity index (χ3n) is 2.08. The molecule has 14 heavy (non-hydrogen) atoms. The Bertz CT molecular complexity index is 306. The molecule has 0 spiro atoms. The molecule has 1 aromatic rings. The number of carbonyl (C=O) groups is 1. The fraction of sp³-hybridized carbons (Fsp3) is 0.455. The Kier molecular flexibility index (Phi) is 3.63. The molecule has 0 aliphatic heterocycles. The molecule has 1 rings (SSSR count). The van der Waals surface area contributed by atoms with Crippen LogP contribution in [0.25, 0.3) is 0 Å². The summed E-state index contributed by atoms with van der Waals surface area (Å²) in [5.41, 5.74) is 2.09. The molecule has 0 aromatic carbocycles. The van der Waals surface area contributed by atoms with Crippen molar-refractivity contribution in [1.29, 1.82) is 0 Å². The highest BCUT2D eigenvalue weighted by Crippen LogP contribution is 2.11. The molecule has 3 nitrogen and oxygen atoms in total. The SMILES string of the molecule is Cc1ccc(CC(C)CC(=O)O)cn1. The van der Waals surface area contributed by atoms with Gasteiger partial charge < -0.3 is 5.11 Å². The van der Waals surface area contributed by atoms with Gasteiger partial charge in [0.15, 0.2) is 0 Å². The van der Waals surface area contributed by atoms with Crippen molar-refractivity contribution in [1.82, 2.24) is 4.98 Å². The van der Waals surface area contributed by atoms with E-state index in [9.17, 15) is 4.79 Å². The number of nitrogens with zero attached hydrogens (tertiary/aromatic N) is 1. The van der Waals surface area contributed by atoms with Crippen LogP contribution in [0, 0.1) is 12.8 Å². The lowest BCUT2D eigenvalue weighted by Crippen LogP contribution is -2.07. The van der Waals surface area contributed by atoms with Crippen LogP contribution < -0.4 is 0 Å². The van der Waals surface area contributed by atoms with Crippen LogP contribution in [-0.4, -0.2) is 16.1 Å². The summed E-state index contributed by atoms with van der Waals surface area (Å²) < 4.78 is 0. The maximum Gasteiger partial charge on any atom is 0.303 e. The number of hydrogen-bond acceptors (Lipinski definition) is 2. The summed E-state index contributed by atoms with van der Waals surface area (Å²) in [6, 6.07) is 3.95. The topological polar surface area (TPSA) is 50.2 Å². The Labute approximate surface area is 83.8 Å². The van der Waals surface area contributed by atoms with E-state index in [-0.39, 0.29) is 12.3 Å². The molecule has 1 N–H and O–H groups in total. The van der Waals surface area contributed by atoms with Crippen molar-refractivity contribution >= 4 is 5.97 Å². The largest absolute Gasteiger partial charge is 0.481 e. The minimum absolute atomic E-state index is 0.164. The molecule has 1 atom stereocenters. The smallest absolute Gasteiger partial charge is 0.303 e. The summed E-state index contributed by atoms with van der Waals surface area (Å²) in [5.74, 6) is -0.574. The van der Waals surface area contributed by atoms with E-state index in [1.165, 1.54) is 0 Å². The predicted molar refractivity (Wildman–Crippen MR) is 54.1 cm³/mol. The van der Waals surface area contributed by atoms with Crippen LogP contribution in [0.3, 0.4) is 0 Å². The van der Waals surface area contributed by atoms with E-state index >= 15 is 0 Å². The summed E-state index contributed by atoms with van der Waals surface area (Å²) in [6.45, 7) is 3.87. The van der Waals surface area contributed by atoms with Crippen LogP contribution in [0.5, 0.6) is 0 Å². The zero-order chi connectivity index (χ0) is 10.6. The monoisotopic (exact) mass is 193 g/mol. The number of aromatic nitrogens is 1. The average molecular weight is 193 g/mol. The highest BCUT2D eigenvalue weighted by molar-refractivity contribution is 5.66. The summed E-state index contributed by atoms with van der Waals surface area (Å²) in [5, 5.41) is 8.59. The van der Waals surface area contributed by atoms with Gasteiger partial charge in [-0.15, -0.1) is 0 Å². The number of rotatable bonds is 4. The molecule has 1 heterocycles. The average Bonchev–Trinajstić information content (AvgIpc) is 2.07. The maximum atomic E-state index is 10.4.